The monoisotopic (exact) mass is 191 g/mol. The van der Waals surface area contributed by atoms with E-state index in [1.165, 1.54) is 6.20 Å². The van der Waals surface area contributed by atoms with E-state index in [9.17, 15) is 0 Å². The fraction of sp³-hybridized carbons (Fsp3) is 0.273. The van der Waals surface area contributed by atoms with Gasteiger partial charge in [0.25, 0.3) is 0 Å². The van der Waals surface area contributed by atoms with E-state index in [0.29, 0.717) is 11.4 Å². The summed E-state index contributed by atoms with van der Waals surface area (Å²) in [5.74, 6) is 0. The Kier molecular flexibility index (Phi) is 6.03. The van der Waals surface area contributed by atoms with Gasteiger partial charge in [-0.1, -0.05) is 26.7 Å². The number of hydrogen-bond acceptors (Lipinski definition) is 3. The number of rotatable bonds is 6. The Morgan fingerprint density at radius 1 is 1.43 bits per heavy atom. The standard InChI is InChI=1S/C11H17N3/c1-6-9-13-14(5)10(4)11(7-2)12-8-3/h7-9H,2-4,6H2,1,5H3/b12-11?,13-9+. The summed E-state index contributed by atoms with van der Waals surface area (Å²) in [5.41, 5.74) is 1.38. The maximum atomic E-state index is 4.14. The maximum absolute atomic E-state index is 4.14. The zero-order chi connectivity index (χ0) is 11.0. The molecule has 0 rings (SSSR count). The molecule has 0 fully saturated rings. The molecule has 0 aromatic carbocycles. The third kappa shape index (κ3) is 3.85. The van der Waals surface area contributed by atoms with Crippen molar-refractivity contribution in [3.63, 3.8) is 0 Å². The Hall–Kier alpha value is -1.64. The lowest BCUT2D eigenvalue weighted by Crippen LogP contribution is -2.16. The zero-order valence-corrected chi connectivity index (χ0v) is 8.90. The first-order valence-corrected chi connectivity index (χ1v) is 4.43. The zero-order valence-electron chi connectivity index (χ0n) is 8.90. The SMILES string of the molecule is C=CN=C(C=C)C(=C)N(C)/N=C/CC. The number of hydrogen-bond donors (Lipinski definition) is 0. The molecule has 0 aromatic rings. The lowest BCUT2D eigenvalue weighted by molar-refractivity contribution is 0.472. The van der Waals surface area contributed by atoms with Gasteiger partial charge in [-0.15, -0.1) is 0 Å². The van der Waals surface area contributed by atoms with E-state index in [4.69, 9.17) is 0 Å². The van der Waals surface area contributed by atoms with Gasteiger partial charge in [0, 0.05) is 19.5 Å². The third-order valence-corrected chi connectivity index (χ3v) is 1.55. The minimum absolute atomic E-state index is 0.677. The molecule has 0 saturated carbocycles. The molecule has 14 heavy (non-hydrogen) atoms. The van der Waals surface area contributed by atoms with Crippen LogP contribution in [-0.4, -0.2) is 24.0 Å². The summed E-state index contributed by atoms with van der Waals surface area (Å²) in [6.45, 7) is 13.0. The van der Waals surface area contributed by atoms with Gasteiger partial charge >= 0.3 is 0 Å². The molecular formula is C11H17N3. The van der Waals surface area contributed by atoms with Crippen LogP contribution in [0.3, 0.4) is 0 Å². The molecule has 0 aromatic heterocycles. The number of allylic oxidation sites excluding steroid dienone is 1. The van der Waals surface area contributed by atoms with Crippen LogP contribution < -0.4 is 0 Å². The fourth-order valence-electron chi connectivity index (χ4n) is 0.783. The van der Waals surface area contributed by atoms with Gasteiger partial charge in [-0.25, -0.2) is 0 Å². The second-order valence-electron chi connectivity index (χ2n) is 2.58. The highest BCUT2D eigenvalue weighted by molar-refractivity contribution is 6.07. The van der Waals surface area contributed by atoms with E-state index in [1.807, 2.05) is 14.0 Å². The van der Waals surface area contributed by atoms with Gasteiger partial charge in [0.1, 0.15) is 0 Å². The highest BCUT2D eigenvalue weighted by Crippen LogP contribution is 2.03. The molecule has 0 atom stereocenters. The molecule has 0 N–H and O–H groups in total. The second-order valence-corrected chi connectivity index (χ2v) is 2.58. The Morgan fingerprint density at radius 2 is 2.07 bits per heavy atom. The van der Waals surface area contributed by atoms with Crippen molar-refractivity contribution in [3.8, 4) is 0 Å². The van der Waals surface area contributed by atoms with Crippen LogP contribution >= 0.6 is 0 Å². The highest BCUT2D eigenvalue weighted by Gasteiger charge is 2.03. The van der Waals surface area contributed by atoms with Gasteiger partial charge in [0.05, 0.1) is 11.4 Å². The molecule has 0 saturated heterocycles. The van der Waals surface area contributed by atoms with Gasteiger partial charge in [-0.05, 0) is 12.5 Å². The normalized spacial score (nSPS) is 11.4. The van der Waals surface area contributed by atoms with Gasteiger partial charge in [0.15, 0.2) is 0 Å². The molecular weight excluding hydrogens is 174 g/mol. The van der Waals surface area contributed by atoms with Crippen molar-refractivity contribution in [3.05, 3.63) is 37.7 Å². The van der Waals surface area contributed by atoms with Crippen LogP contribution in [-0.2, 0) is 0 Å². The topological polar surface area (TPSA) is 28.0 Å². The Balaban J connectivity index is 4.58. The minimum atomic E-state index is 0.677. The Labute approximate surface area is 85.8 Å². The van der Waals surface area contributed by atoms with Gasteiger partial charge in [0.2, 0.25) is 0 Å². The molecule has 3 nitrogen and oxygen atoms in total. The molecule has 0 bridgehead atoms. The first kappa shape index (κ1) is 12.4. The Morgan fingerprint density at radius 3 is 2.50 bits per heavy atom. The van der Waals surface area contributed by atoms with Crippen molar-refractivity contribution < 1.29 is 0 Å². The first-order valence-electron chi connectivity index (χ1n) is 4.43. The van der Waals surface area contributed by atoms with Crippen LogP contribution in [0.5, 0.6) is 0 Å². The number of nitrogens with zero attached hydrogens (tertiary/aromatic N) is 3. The molecule has 0 spiro atoms. The van der Waals surface area contributed by atoms with Crippen LogP contribution in [0.4, 0.5) is 0 Å². The van der Waals surface area contributed by atoms with E-state index in [-0.39, 0.29) is 0 Å². The second kappa shape index (κ2) is 6.83. The van der Waals surface area contributed by atoms with Crippen molar-refractivity contribution in [2.24, 2.45) is 10.1 Å². The quantitative estimate of drug-likeness (QED) is 0.468. The molecule has 0 amide bonds. The van der Waals surface area contributed by atoms with Gasteiger partial charge in [-0.3, -0.25) is 10.0 Å². The van der Waals surface area contributed by atoms with Crippen LogP contribution in [0.15, 0.2) is 47.8 Å². The van der Waals surface area contributed by atoms with Crippen LogP contribution in [0.1, 0.15) is 13.3 Å². The van der Waals surface area contributed by atoms with E-state index < -0.39 is 0 Å². The predicted molar refractivity (Wildman–Crippen MR) is 63.5 cm³/mol. The van der Waals surface area contributed by atoms with Crippen molar-refractivity contribution in [1.29, 1.82) is 0 Å². The fourth-order valence-corrected chi connectivity index (χ4v) is 0.783. The van der Waals surface area contributed by atoms with E-state index in [1.54, 1.807) is 17.3 Å². The summed E-state index contributed by atoms with van der Waals surface area (Å²) < 4.78 is 0. The summed E-state index contributed by atoms with van der Waals surface area (Å²) >= 11 is 0. The molecule has 76 valence electrons. The van der Waals surface area contributed by atoms with Crippen molar-refractivity contribution >= 4 is 11.9 Å². The average molecular weight is 191 g/mol. The highest BCUT2D eigenvalue weighted by atomic mass is 15.4. The van der Waals surface area contributed by atoms with Gasteiger partial charge in [-0.2, -0.15) is 5.10 Å². The third-order valence-electron chi connectivity index (χ3n) is 1.55. The summed E-state index contributed by atoms with van der Waals surface area (Å²) in [7, 11) is 1.82. The molecule has 0 aliphatic carbocycles. The summed E-state index contributed by atoms with van der Waals surface area (Å²) in [4.78, 5) is 4.02. The van der Waals surface area contributed by atoms with Crippen molar-refractivity contribution in [1.82, 2.24) is 5.01 Å². The molecule has 0 unspecified atom stereocenters. The summed E-state index contributed by atoms with van der Waals surface area (Å²) in [6, 6.07) is 0. The average Bonchev–Trinajstić information content (AvgIpc) is 2.21. The van der Waals surface area contributed by atoms with E-state index in [2.05, 4.69) is 29.8 Å². The lowest BCUT2D eigenvalue weighted by Gasteiger charge is -2.15. The predicted octanol–water partition coefficient (Wildman–Crippen LogP) is 2.60. The number of hydrazone groups is 1. The Bertz CT molecular complexity index is 274. The molecule has 3 heteroatoms. The van der Waals surface area contributed by atoms with Crippen molar-refractivity contribution in [2.75, 3.05) is 7.05 Å². The minimum Gasteiger partial charge on any atom is -0.267 e. The maximum Gasteiger partial charge on any atom is 0.0869 e. The first-order chi connectivity index (χ1) is 6.67. The largest absolute Gasteiger partial charge is 0.267 e. The summed E-state index contributed by atoms with van der Waals surface area (Å²) in [6.07, 6.45) is 5.78. The molecule has 0 aliphatic rings. The molecule has 0 radical (unpaired) electrons. The number of aliphatic imine (C=N–C) groups is 1. The van der Waals surface area contributed by atoms with E-state index in [0.717, 1.165) is 6.42 Å². The smallest absolute Gasteiger partial charge is 0.0869 e. The van der Waals surface area contributed by atoms with Gasteiger partial charge < -0.3 is 0 Å². The lowest BCUT2D eigenvalue weighted by atomic mass is 10.3. The molecule has 0 heterocycles. The molecule has 0 aliphatic heterocycles. The van der Waals surface area contributed by atoms with Crippen LogP contribution in [0.2, 0.25) is 0 Å². The van der Waals surface area contributed by atoms with Crippen molar-refractivity contribution in [2.45, 2.75) is 13.3 Å². The van der Waals surface area contributed by atoms with E-state index >= 15 is 0 Å². The van der Waals surface area contributed by atoms with Crippen LogP contribution in [0.25, 0.3) is 0 Å². The van der Waals surface area contributed by atoms with Crippen LogP contribution in [0, 0.1) is 0 Å². The summed E-state index contributed by atoms with van der Waals surface area (Å²) in [5, 5.41) is 5.80.